The van der Waals surface area contributed by atoms with Crippen LogP contribution < -0.4 is 0 Å². The summed E-state index contributed by atoms with van der Waals surface area (Å²) in [5.41, 5.74) is 0.768. The highest BCUT2D eigenvalue weighted by molar-refractivity contribution is 14.1. The summed E-state index contributed by atoms with van der Waals surface area (Å²) in [5, 5.41) is 9.67. The van der Waals surface area contributed by atoms with Gasteiger partial charge in [-0.2, -0.15) is 0 Å². The lowest BCUT2D eigenvalue weighted by atomic mass is 9.84. The summed E-state index contributed by atoms with van der Waals surface area (Å²) in [6, 6.07) is 5.12. The number of aromatic hydroxyl groups is 1. The van der Waals surface area contributed by atoms with E-state index in [4.69, 9.17) is 0 Å². The third-order valence-electron chi connectivity index (χ3n) is 3.38. The van der Waals surface area contributed by atoms with Gasteiger partial charge in [-0.15, -0.1) is 0 Å². The summed E-state index contributed by atoms with van der Waals surface area (Å²) >= 11 is 2.05. The molecule has 1 amide bonds. The van der Waals surface area contributed by atoms with Crippen molar-refractivity contribution in [3.8, 4) is 5.75 Å². The Hall–Kier alpha value is -0.780. The van der Waals surface area contributed by atoms with Crippen molar-refractivity contribution in [3.05, 3.63) is 27.3 Å². The Morgan fingerprint density at radius 2 is 2.17 bits per heavy atom. The summed E-state index contributed by atoms with van der Waals surface area (Å²) in [4.78, 5) is 14.3. The molecule has 1 heterocycles. The zero-order valence-electron chi connectivity index (χ0n) is 10.7. The molecule has 1 aliphatic rings. The molecule has 0 unspecified atom stereocenters. The molecule has 1 N–H and O–H groups in total. The Morgan fingerprint density at radius 1 is 1.44 bits per heavy atom. The van der Waals surface area contributed by atoms with Crippen molar-refractivity contribution in [1.82, 2.24) is 4.90 Å². The first kappa shape index (κ1) is 13.6. The molecular weight excluding hydrogens is 341 g/mol. The van der Waals surface area contributed by atoms with Gasteiger partial charge in [-0.05, 0) is 59.0 Å². The molecule has 1 saturated heterocycles. The average Bonchev–Trinajstić information content (AvgIpc) is 2.30. The molecule has 0 radical (unpaired) electrons. The minimum Gasteiger partial charge on any atom is -0.507 e. The highest BCUT2D eigenvalue weighted by Gasteiger charge is 2.29. The molecule has 0 aliphatic carbocycles. The van der Waals surface area contributed by atoms with E-state index in [9.17, 15) is 9.90 Å². The van der Waals surface area contributed by atoms with E-state index in [0.717, 1.165) is 29.5 Å². The fourth-order valence-electron chi connectivity index (χ4n) is 2.42. The number of halogens is 1. The molecule has 2 rings (SSSR count). The number of phenols is 1. The Balaban J connectivity index is 2.18. The monoisotopic (exact) mass is 359 g/mol. The van der Waals surface area contributed by atoms with Crippen LogP contribution >= 0.6 is 22.6 Å². The first-order chi connectivity index (χ1) is 8.39. The number of amides is 1. The van der Waals surface area contributed by atoms with Gasteiger partial charge in [-0.3, -0.25) is 4.79 Å². The highest BCUT2D eigenvalue weighted by Crippen LogP contribution is 2.30. The minimum absolute atomic E-state index is 0.0227. The smallest absolute Gasteiger partial charge is 0.254 e. The summed E-state index contributed by atoms with van der Waals surface area (Å²) in [7, 11) is 0. The van der Waals surface area contributed by atoms with E-state index in [-0.39, 0.29) is 17.1 Å². The van der Waals surface area contributed by atoms with Crippen LogP contribution in [0.1, 0.15) is 37.0 Å². The zero-order chi connectivity index (χ0) is 13.3. The zero-order valence-corrected chi connectivity index (χ0v) is 12.9. The van der Waals surface area contributed by atoms with E-state index in [0.29, 0.717) is 5.56 Å². The normalized spacial score (nSPS) is 18.7. The molecule has 0 spiro atoms. The molecule has 1 aromatic carbocycles. The Kier molecular flexibility index (Phi) is 3.84. The molecule has 1 aromatic rings. The van der Waals surface area contributed by atoms with Crippen LogP contribution in [-0.2, 0) is 0 Å². The quantitative estimate of drug-likeness (QED) is 0.782. The number of carbonyl (C=O) groups excluding carboxylic acids is 1. The van der Waals surface area contributed by atoms with Gasteiger partial charge >= 0.3 is 0 Å². The van der Waals surface area contributed by atoms with Crippen LogP contribution in [0.25, 0.3) is 0 Å². The average molecular weight is 359 g/mol. The van der Waals surface area contributed by atoms with Crippen molar-refractivity contribution in [2.24, 2.45) is 5.41 Å². The van der Waals surface area contributed by atoms with Gasteiger partial charge in [-0.25, -0.2) is 0 Å². The SMILES string of the molecule is CC1(C)CCCN(C(=O)c2ccc(I)c(O)c2)C1. The molecule has 1 fully saturated rings. The fourth-order valence-corrected chi connectivity index (χ4v) is 2.76. The first-order valence-electron chi connectivity index (χ1n) is 6.17. The molecule has 1 aliphatic heterocycles. The third-order valence-corrected chi connectivity index (χ3v) is 4.29. The molecule has 0 aromatic heterocycles. The lowest BCUT2D eigenvalue weighted by Gasteiger charge is -2.38. The molecule has 0 atom stereocenters. The van der Waals surface area contributed by atoms with Gasteiger partial charge in [0.1, 0.15) is 5.75 Å². The second-order valence-electron chi connectivity index (χ2n) is 5.66. The van der Waals surface area contributed by atoms with Crippen molar-refractivity contribution in [2.75, 3.05) is 13.1 Å². The number of hydrogen-bond acceptors (Lipinski definition) is 2. The summed E-state index contributed by atoms with van der Waals surface area (Å²) in [6.07, 6.45) is 2.21. The van der Waals surface area contributed by atoms with E-state index < -0.39 is 0 Å². The van der Waals surface area contributed by atoms with Crippen molar-refractivity contribution >= 4 is 28.5 Å². The largest absolute Gasteiger partial charge is 0.507 e. The van der Waals surface area contributed by atoms with Gasteiger partial charge in [-0.1, -0.05) is 13.8 Å². The third kappa shape index (κ3) is 2.96. The van der Waals surface area contributed by atoms with Crippen LogP contribution in [0, 0.1) is 8.99 Å². The van der Waals surface area contributed by atoms with Gasteiger partial charge < -0.3 is 10.0 Å². The predicted octanol–water partition coefficient (Wildman–Crippen LogP) is 3.26. The number of hydrogen-bond donors (Lipinski definition) is 1. The molecule has 98 valence electrons. The van der Waals surface area contributed by atoms with Gasteiger partial charge in [0.15, 0.2) is 0 Å². The fraction of sp³-hybridized carbons (Fsp3) is 0.500. The lowest BCUT2D eigenvalue weighted by molar-refractivity contribution is 0.0583. The molecule has 0 bridgehead atoms. The van der Waals surface area contributed by atoms with Crippen molar-refractivity contribution in [3.63, 3.8) is 0 Å². The van der Waals surface area contributed by atoms with Crippen LogP contribution in [0.3, 0.4) is 0 Å². The van der Waals surface area contributed by atoms with Gasteiger partial charge in [0.25, 0.3) is 5.91 Å². The maximum atomic E-state index is 12.4. The summed E-state index contributed by atoms with van der Waals surface area (Å²) in [5.74, 6) is 0.201. The molecular formula is C14H18INO2. The number of rotatable bonds is 1. The number of benzene rings is 1. The predicted molar refractivity (Wildman–Crippen MR) is 79.7 cm³/mol. The van der Waals surface area contributed by atoms with E-state index in [2.05, 4.69) is 13.8 Å². The Morgan fingerprint density at radius 3 is 2.78 bits per heavy atom. The van der Waals surface area contributed by atoms with Gasteiger partial charge in [0.2, 0.25) is 0 Å². The lowest BCUT2D eigenvalue weighted by Crippen LogP contribution is -2.43. The standard InChI is InChI=1S/C14H18INO2/c1-14(2)6-3-7-16(9-14)13(18)10-4-5-11(15)12(17)8-10/h4-5,8,17H,3,6-7,9H2,1-2H3. The number of phenolic OH excluding ortho intramolecular Hbond substituents is 1. The second kappa shape index (κ2) is 5.07. The molecule has 3 nitrogen and oxygen atoms in total. The van der Waals surface area contributed by atoms with E-state index in [1.165, 1.54) is 0 Å². The number of piperidine rings is 1. The van der Waals surface area contributed by atoms with E-state index >= 15 is 0 Å². The maximum absolute atomic E-state index is 12.4. The second-order valence-corrected chi connectivity index (χ2v) is 6.82. The van der Waals surface area contributed by atoms with Crippen molar-refractivity contribution < 1.29 is 9.90 Å². The number of nitrogens with zero attached hydrogens (tertiary/aromatic N) is 1. The Labute approximate surface area is 121 Å². The summed E-state index contributed by atoms with van der Waals surface area (Å²) < 4.78 is 0.767. The van der Waals surface area contributed by atoms with Gasteiger partial charge in [0.05, 0.1) is 3.57 Å². The first-order valence-corrected chi connectivity index (χ1v) is 7.25. The topological polar surface area (TPSA) is 40.5 Å². The molecule has 4 heteroatoms. The van der Waals surface area contributed by atoms with Gasteiger partial charge in [0, 0.05) is 18.7 Å². The number of likely N-dealkylation sites (tertiary alicyclic amines) is 1. The Bertz CT molecular complexity index is 471. The molecule has 0 saturated carbocycles. The van der Waals surface area contributed by atoms with Crippen LogP contribution in [-0.4, -0.2) is 29.0 Å². The van der Waals surface area contributed by atoms with Crippen molar-refractivity contribution in [2.45, 2.75) is 26.7 Å². The summed E-state index contributed by atoms with van der Waals surface area (Å²) in [6.45, 7) is 5.99. The van der Waals surface area contributed by atoms with Crippen LogP contribution in [0.2, 0.25) is 0 Å². The van der Waals surface area contributed by atoms with E-state index in [1.54, 1.807) is 18.2 Å². The number of carbonyl (C=O) groups is 1. The van der Waals surface area contributed by atoms with Crippen molar-refractivity contribution in [1.29, 1.82) is 0 Å². The maximum Gasteiger partial charge on any atom is 0.254 e. The minimum atomic E-state index is 0.0227. The highest BCUT2D eigenvalue weighted by atomic mass is 127. The van der Waals surface area contributed by atoms with Crippen LogP contribution in [0.15, 0.2) is 18.2 Å². The molecule has 18 heavy (non-hydrogen) atoms. The van der Waals surface area contributed by atoms with Crippen LogP contribution in [0.5, 0.6) is 5.75 Å². The van der Waals surface area contributed by atoms with E-state index in [1.807, 2.05) is 27.5 Å². The van der Waals surface area contributed by atoms with Crippen LogP contribution in [0.4, 0.5) is 0 Å².